The van der Waals surface area contributed by atoms with E-state index in [1.807, 2.05) is 13.0 Å². The van der Waals surface area contributed by atoms with Crippen molar-refractivity contribution < 1.29 is 10.0 Å². The van der Waals surface area contributed by atoms with Crippen LogP contribution in [0.15, 0.2) is 18.2 Å². The zero-order chi connectivity index (χ0) is 14.0. The Labute approximate surface area is 113 Å². The minimum Gasteiger partial charge on any atom is -0.393 e. The Morgan fingerprint density at radius 2 is 2.05 bits per heavy atom. The number of anilines is 1. The van der Waals surface area contributed by atoms with Gasteiger partial charge in [0.2, 0.25) is 0 Å². The average Bonchev–Trinajstić information content (AvgIpc) is 2.38. The highest BCUT2D eigenvalue weighted by Gasteiger charge is 2.25. The van der Waals surface area contributed by atoms with Gasteiger partial charge in [0.05, 0.1) is 16.6 Å². The normalized spacial score (nSPS) is 18.4. The van der Waals surface area contributed by atoms with Crippen LogP contribution in [0.4, 0.5) is 11.4 Å². The second-order valence-corrected chi connectivity index (χ2v) is 5.24. The van der Waals surface area contributed by atoms with Crippen molar-refractivity contribution >= 4 is 11.4 Å². The van der Waals surface area contributed by atoms with E-state index in [1.165, 1.54) is 0 Å². The summed E-state index contributed by atoms with van der Waals surface area (Å²) in [6.07, 6.45) is 1.59. The Balaban J connectivity index is 2.16. The van der Waals surface area contributed by atoms with Crippen molar-refractivity contribution in [2.45, 2.75) is 32.8 Å². The standard InChI is InChI=1S/C14H20N2O3/c1-10-13(4-3-5-14(10)16(18)19)15-8-6-12(7-9-15)11(2)17/h3-5,11-12,17H,6-9H2,1-2H3. The van der Waals surface area contributed by atoms with Crippen LogP contribution in [0.3, 0.4) is 0 Å². The van der Waals surface area contributed by atoms with E-state index < -0.39 is 0 Å². The van der Waals surface area contributed by atoms with Crippen LogP contribution in [-0.4, -0.2) is 29.2 Å². The summed E-state index contributed by atoms with van der Waals surface area (Å²) >= 11 is 0. The number of aliphatic hydroxyl groups is 1. The molecule has 0 aliphatic carbocycles. The predicted molar refractivity (Wildman–Crippen MR) is 74.5 cm³/mol. The molecule has 0 spiro atoms. The van der Waals surface area contributed by atoms with Gasteiger partial charge in [-0.15, -0.1) is 0 Å². The lowest BCUT2D eigenvalue weighted by molar-refractivity contribution is -0.385. The zero-order valence-electron chi connectivity index (χ0n) is 11.4. The van der Waals surface area contributed by atoms with Crippen molar-refractivity contribution in [3.63, 3.8) is 0 Å². The lowest BCUT2D eigenvalue weighted by Crippen LogP contribution is -2.37. The number of piperidine rings is 1. The molecule has 1 aromatic rings. The Kier molecular flexibility index (Phi) is 4.04. The monoisotopic (exact) mass is 264 g/mol. The first-order chi connectivity index (χ1) is 9.00. The maximum Gasteiger partial charge on any atom is 0.274 e. The van der Waals surface area contributed by atoms with Crippen LogP contribution in [0.2, 0.25) is 0 Å². The molecule has 0 radical (unpaired) electrons. The fourth-order valence-corrected chi connectivity index (χ4v) is 2.77. The molecule has 1 aliphatic heterocycles. The summed E-state index contributed by atoms with van der Waals surface area (Å²) < 4.78 is 0. The summed E-state index contributed by atoms with van der Waals surface area (Å²) in [7, 11) is 0. The summed E-state index contributed by atoms with van der Waals surface area (Å²) in [5.41, 5.74) is 1.84. The van der Waals surface area contributed by atoms with E-state index in [2.05, 4.69) is 4.90 Å². The Bertz CT molecular complexity index is 466. The minimum absolute atomic E-state index is 0.176. The van der Waals surface area contributed by atoms with Gasteiger partial charge >= 0.3 is 0 Å². The van der Waals surface area contributed by atoms with E-state index >= 15 is 0 Å². The molecular formula is C14H20N2O3. The molecule has 0 aromatic heterocycles. The molecule has 1 aliphatic rings. The summed E-state index contributed by atoms with van der Waals surface area (Å²) in [6, 6.07) is 5.22. The minimum atomic E-state index is -0.332. The summed E-state index contributed by atoms with van der Waals surface area (Å²) in [5.74, 6) is 0.343. The van der Waals surface area contributed by atoms with Gasteiger partial charge < -0.3 is 10.0 Å². The van der Waals surface area contributed by atoms with Gasteiger partial charge in [0.15, 0.2) is 0 Å². The van der Waals surface area contributed by atoms with Crippen LogP contribution in [0, 0.1) is 23.0 Å². The molecule has 1 N–H and O–H groups in total. The molecule has 1 saturated heterocycles. The van der Waals surface area contributed by atoms with Gasteiger partial charge in [-0.05, 0) is 38.7 Å². The first kappa shape index (κ1) is 13.8. The third-order valence-electron chi connectivity index (χ3n) is 4.04. The molecule has 19 heavy (non-hydrogen) atoms. The topological polar surface area (TPSA) is 66.6 Å². The van der Waals surface area contributed by atoms with Crippen LogP contribution in [-0.2, 0) is 0 Å². The first-order valence-electron chi connectivity index (χ1n) is 6.67. The number of nitrogens with zero attached hydrogens (tertiary/aromatic N) is 2. The molecule has 1 heterocycles. The number of rotatable bonds is 3. The average molecular weight is 264 g/mol. The molecule has 104 valence electrons. The van der Waals surface area contributed by atoms with Gasteiger partial charge in [-0.3, -0.25) is 10.1 Å². The van der Waals surface area contributed by atoms with E-state index in [-0.39, 0.29) is 16.7 Å². The van der Waals surface area contributed by atoms with E-state index in [1.54, 1.807) is 19.1 Å². The number of nitro groups is 1. The summed E-state index contributed by atoms with van der Waals surface area (Å²) in [6.45, 7) is 5.32. The number of nitro benzene ring substituents is 1. The van der Waals surface area contributed by atoms with Gasteiger partial charge in [0, 0.05) is 24.8 Å². The van der Waals surface area contributed by atoms with Crippen LogP contribution < -0.4 is 4.90 Å². The van der Waals surface area contributed by atoms with E-state index in [9.17, 15) is 15.2 Å². The van der Waals surface area contributed by atoms with E-state index in [0.29, 0.717) is 5.92 Å². The van der Waals surface area contributed by atoms with Gasteiger partial charge in [-0.2, -0.15) is 0 Å². The maximum atomic E-state index is 11.0. The van der Waals surface area contributed by atoms with Crippen LogP contribution >= 0.6 is 0 Å². The molecule has 1 unspecified atom stereocenters. The summed E-state index contributed by atoms with van der Waals surface area (Å²) in [5, 5.41) is 20.5. The third-order valence-corrected chi connectivity index (χ3v) is 4.04. The van der Waals surface area contributed by atoms with Crippen molar-refractivity contribution in [1.82, 2.24) is 0 Å². The lowest BCUT2D eigenvalue weighted by Gasteiger charge is -2.35. The Hall–Kier alpha value is -1.62. The first-order valence-corrected chi connectivity index (χ1v) is 6.67. The molecule has 0 bridgehead atoms. The van der Waals surface area contributed by atoms with Gasteiger partial charge in [-0.25, -0.2) is 0 Å². The molecule has 0 amide bonds. The zero-order valence-corrected chi connectivity index (χ0v) is 11.4. The number of hydrogen-bond donors (Lipinski definition) is 1. The fraction of sp³-hybridized carbons (Fsp3) is 0.571. The molecule has 5 nitrogen and oxygen atoms in total. The van der Waals surface area contributed by atoms with Gasteiger partial charge in [-0.1, -0.05) is 6.07 Å². The van der Waals surface area contributed by atoms with Gasteiger partial charge in [0.1, 0.15) is 0 Å². The van der Waals surface area contributed by atoms with E-state index in [4.69, 9.17) is 0 Å². The Morgan fingerprint density at radius 1 is 1.42 bits per heavy atom. The van der Waals surface area contributed by atoms with Crippen molar-refractivity contribution in [2.75, 3.05) is 18.0 Å². The van der Waals surface area contributed by atoms with Crippen molar-refractivity contribution in [2.24, 2.45) is 5.92 Å². The quantitative estimate of drug-likeness (QED) is 0.673. The second-order valence-electron chi connectivity index (χ2n) is 5.24. The number of benzene rings is 1. The largest absolute Gasteiger partial charge is 0.393 e. The molecule has 1 fully saturated rings. The van der Waals surface area contributed by atoms with Crippen LogP contribution in [0.1, 0.15) is 25.3 Å². The van der Waals surface area contributed by atoms with Gasteiger partial charge in [0.25, 0.3) is 5.69 Å². The molecule has 5 heteroatoms. The van der Waals surface area contributed by atoms with Crippen molar-refractivity contribution in [3.8, 4) is 0 Å². The van der Waals surface area contributed by atoms with Crippen molar-refractivity contribution in [3.05, 3.63) is 33.9 Å². The molecule has 0 saturated carbocycles. The lowest BCUT2D eigenvalue weighted by atomic mass is 9.91. The van der Waals surface area contributed by atoms with Crippen LogP contribution in [0.25, 0.3) is 0 Å². The highest BCUT2D eigenvalue weighted by atomic mass is 16.6. The second kappa shape index (κ2) is 5.57. The molecule has 1 atom stereocenters. The van der Waals surface area contributed by atoms with Crippen molar-refractivity contribution in [1.29, 1.82) is 0 Å². The highest BCUT2D eigenvalue weighted by molar-refractivity contribution is 5.61. The smallest absolute Gasteiger partial charge is 0.274 e. The molecule has 1 aromatic carbocycles. The maximum absolute atomic E-state index is 11.0. The Morgan fingerprint density at radius 3 is 2.58 bits per heavy atom. The molecule has 2 rings (SSSR count). The number of hydrogen-bond acceptors (Lipinski definition) is 4. The highest BCUT2D eigenvalue weighted by Crippen LogP contribution is 2.31. The van der Waals surface area contributed by atoms with Crippen LogP contribution in [0.5, 0.6) is 0 Å². The fourth-order valence-electron chi connectivity index (χ4n) is 2.77. The predicted octanol–water partition coefficient (Wildman–Crippen LogP) is 2.50. The molecular weight excluding hydrogens is 244 g/mol. The third kappa shape index (κ3) is 2.87. The summed E-state index contributed by atoms with van der Waals surface area (Å²) in [4.78, 5) is 12.8. The van der Waals surface area contributed by atoms with E-state index in [0.717, 1.165) is 37.2 Å². The SMILES string of the molecule is Cc1c(N2CCC(C(C)O)CC2)cccc1[N+](=O)[O-]. The number of aliphatic hydroxyl groups excluding tert-OH is 1.